The third-order valence-corrected chi connectivity index (χ3v) is 4.99. The Kier molecular flexibility index (Phi) is 5.85. The number of carbonyl (C=O) groups is 1. The summed E-state index contributed by atoms with van der Waals surface area (Å²) < 4.78 is 6.30. The van der Waals surface area contributed by atoms with Crippen LogP contribution in [0.2, 0.25) is 0 Å². The molecule has 2 heterocycles. The second-order valence-corrected chi connectivity index (χ2v) is 8.40. The minimum absolute atomic E-state index is 0.155. The lowest BCUT2D eigenvalue weighted by Crippen LogP contribution is -2.22. The Morgan fingerprint density at radius 3 is 2.76 bits per heavy atom. The normalized spacial score (nSPS) is 11.3. The minimum Gasteiger partial charge on any atom is -0.410 e. The number of anilines is 1. The van der Waals surface area contributed by atoms with E-state index in [4.69, 9.17) is 15.5 Å². The molecule has 0 aliphatic heterocycles. The first-order valence-corrected chi connectivity index (χ1v) is 9.82. The van der Waals surface area contributed by atoms with E-state index in [1.807, 2.05) is 24.3 Å². The van der Waals surface area contributed by atoms with Gasteiger partial charge in [0.1, 0.15) is 16.6 Å². The van der Waals surface area contributed by atoms with Gasteiger partial charge in [0.25, 0.3) is 0 Å². The van der Waals surface area contributed by atoms with E-state index in [1.165, 1.54) is 18.4 Å². The van der Waals surface area contributed by atoms with E-state index in [2.05, 4.69) is 42.9 Å². The molecular weight excluding hydrogens is 384 g/mol. The Morgan fingerprint density at radius 2 is 2.10 bits per heavy atom. The number of benzene rings is 1. The lowest BCUT2D eigenvalue weighted by Gasteiger charge is -2.20. The number of thiazole rings is 1. The molecule has 0 unspecified atom stereocenters. The van der Waals surface area contributed by atoms with E-state index in [-0.39, 0.29) is 5.41 Å². The van der Waals surface area contributed by atoms with Gasteiger partial charge in [0.05, 0.1) is 10.2 Å². The Labute approximate surface area is 173 Å². The molecule has 6 nitrogen and oxygen atoms in total. The molecule has 7 heteroatoms. The molecule has 0 radical (unpaired) electrons. The van der Waals surface area contributed by atoms with Crippen molar-refractivity contribution in [2.75, 3.05) is 12.8 Å². The van der Waals surface area contributed by atoms with Crippen molar-refractivity contribution in [3.63, 3.8) is 0 Å². The van der Waals surface area contributed by atoms with Crippen molar-refractivity contribution in [2.24, 2.45) is 0 Å². The first-order chi connectivity index (χ1) is 13.8. The predicted molar refractivity (Wildman–Crippen MR) is 118 cm³/mol. The summed E-state index contributed by atoms with van der Waals surface area (Å²) in [6.45, 7) is 6.31. The molecule has 1 aromatic carbocycles. The average Bonchev–Trinajstić information content (AvgIpc) is 3.07. The number of hydrogen-bond donors (Lipinski definition) is 2. The second kappa shape index (κ2) is 8.33. The summed E-state index contributed by atoms with van der Waals surface area (Å²) in [6, 6.07) is 7.25. The first kappa shape index (κ1) is 20.4. The molecule has 1 amide bonds. The van der Waals surface area contributed by atoms with Gasteiger partial charge in [0.2, 0.25) is 0 Å². The third-order valence-electron chi connectivity index (χ3n) is 4.02. The van der Waals surface area contributed by atoms with Crippen molar-refractivity contribution in [3.05, 3.63) is 52.7 Å². The van der Waals surface area contributed by atoms with Crippen molar-refractivity contribution >= 4 is 39.5 Å². The number of ether oxygens (including phenoxy) is 1. The predicted octanol–water partition coefficient (Wildman–Crippen LogP) is 4.35. The molecule has 3 rings (SSSR count). The summed E-state index contributed by atoms with van der Waals surface area (Å²) in [5.41, 5.74) is 8.13. The molecule has 0 saturated carbocycles. The average molecular weight is 407 g/mol. The van der Waals surface area contributed by atoms with Crippen LogP contribution in [0.15, 0.2) is 36.5 Å². The smallest absolute Gasteiger partial charge is 0.410 e. The zero-order valence-corrected chi connectivity index (χ0v) is 17.6. The zero-order chi connectivity index (χ0) is 21.0. The number of nitrogens with zero attached hydrogens (tertiary/aromatic N) is 2. The number of rotatable bonds is 2. The highest BCUT2D eigenvalue weighted by molar-refractivity contribution is 7.19. The van der Waals surface area contributed by atoms with Crippen LogP contribution in [0.4, 0.5) is 10.6 Å². The molecule has 0 saturated heterocycles. The molecule has 0 atom stereocenters. The maximum Gasteiger partial charge on any atom is 0.412 e. The molecule has 3 aromatic rings. The van der Waals surface area contributed by atoms with E-state index >= 15 is 0 Å². The highest BCUT2D eigenvalue weighted by atomic mass is 32.1. The van der Waals surface area contributed by atoms with Crippen LogP contribution < -0.4 is 15.8 Å². The van der Waals surface area contributed by atoms with Crippen LogP contribution >= 0.6 is 11.3 Å². The number of pyridine rings is 1. The van der Waals surface area contributed by atoms with Gasteiger partial charge in [-0.2, -0.15) is 0 Å². The molecule has 2 aromatic heterocycles. The van der Waals surface area contributed by atoms with E-state index in [1.54, 1.807) is 18.3 Å². The van der Waals surface area contributed by atoms with Gasteiger partial charge in [-0.3, -0.25) is 0 Å². The standard InChI is InChI=1S/C22H22N4O2S/c1-22(2,3)16-11-15(28-21(27)24-4)12-17-20(16)26-19(29-17)8-6-5-7-14-9-10-18(23)25-13-14/h6,8-13H,1-4H3,(H2,23,25)(H,24,27)/b8-6+. The zero-order valence-electron chi connectivity index (χ0n) is 16.7. The Hall–Kier alpha value is -3.37. The van der Waals surface area contributed by atoms with Crippen LogP contribution in [-0.4, -0.2) is 23.1 Å². The van der Waals surface area contributed by atoms with Crippen molar-refractivity contribution < 1.29 is 9.53 Å². The molecular formula is C22H22N4O2S. The fourth-order valence-corrected chi connectivity index (χ4v) is 3.52. The lowest BCUT2D eigenvalue weighted by atomic mass is 9.86. The molecule has 29 heavy (non-hydrogen) atoms. The monoisotopic (exact) mass is 406 g/mol. The van der Waals surface area contributed by atoms with Gasteiger partial charge in [-0.15, -0.1) is 11.3 Å². The van der Waals surface area contributed by atoms with Crippen molar-refractivity contribution in [2.45, 2.75) is 26.2 Å². The second-order valence-electron chi connectivity index (χ2n) is 7.33. The fraction of sp³-hybridized carbons (Fsp3) is 0.227. The maximum absolute atomic E-state index is 11.6. The quantitative estimate of drug-likeness (QED) is 0.618. The van der Waals surface area contributed by atoms with Crippen molar-refractivity contribution in [1.82, 2.24) is 15.3 Å². The maximum atomic E-state index is 11.6. The summed E-state index contributed by atoms with van der Waals surface area (Å²) in [7, 11) is 1.53. The van der Waals surface area contributed by atoms with Crippen LogP contribution in [-0.2, 0) is 5.41 Å². The van der Waals surface area contributed by atoms with E-state index in [9.17, 15) is 4.79 Å². The van der Waals surface area contributed by atoms with Gasteiger partial charge in [-0.05, 0) is 41.3 Å². The summed E-state index contributed by atoms with van der Waals surface area (Å²) in [4.78, 5) is 20.4. The number of nitrogens with one attached hydrogen (secondary N) is 1. The number of aromatic nitrogens is 2. The van der Waals surface area contributed by atoms with Crippen LogP contribution in [0.5, 0.6) is 5.75 Å². The summed E-state index contributed by atoms with van der Waals surface area (Å²) >= 11 is 1.52. The Morgan fingerprint density at radius 1 is 1.31 bits per heavy atom. The minimum atomic E-state index is -0.499. The van der Waals surface area contributed by atoms with E-state index in [0.717, 1.165) is 26.4 Å². The van der Waals surface area contributed by atoms with Gasteiger partial charge in [0, 0.05) is 24.9 Å². The molecule has 148 valence electrons. The third kappa shape index (κ3) is 5.12. The van der Waals surface area contributed by atoms with E-state index in [0.29, 0.717) is 11.6 Å². The Balaban J connectivity index is 1.92. The number of amides is 1. The highest BCUT2D eigenvalue weighted by Crippen LogP contribution is 2.36. The van der Waals surface area contributed by atoms with Crippen LogP contribution in [0, 0.1) is 11.8 Å². The number of allylic oxidation sites excluding steroid dienone is 1. The van der Waals surface area contributed by atoms with Gasteiger partial charge >= 0.3 is 6.09 Å². The number of nitrogen functional groups attached to an aromatic ring is 1. The molecule has 3 N–H and O–H groups in total. The van der Waals surface area contributed by atoms with Gasteiger partial charge < -0.3 is 15.8 Å². The van der Waals surface area contributed by atoms with Crippen molar-refractivity contribution in [3.8, 4) is 17.6 Å². The molecule has 0 fully saturated rings. The number of fused-ring (bicyclic) bond motifs is 1. The molecule has 0 spiro atoms. The van der Waals surface area contributed by atoms with Gasteiger partial charge in [-0.25, -0.2) is 14.8 Å². The van der Waals surface area contributed by atoms with Crippen LogP contribution in [0.3, 0.4) is 0 Å². The fourth-order valence-electron chi connectivity index (χ4n) is 2.60. The van der Waals surface area contributed by atoms with Gasteiger partial charge in [-0.1, -0.05) is 32.6 Å². The molecule has 0 aliphatic rings. The lowest BCUT2D eigenvalue weighted by molar-refractivity contribution is 0.203. The number of carbonyl (C=O) groups excluding carboxylic acids is 1. The molecule has 0 aliphatic carbocycles. The van der Waals surface area contributed by atoms with Crippen LogP contribution in [0.25, 0.3) is 16.3 Å². The van der Waals surface area contributed by atoms with Gasteiger partial charge in [0.15, 0.2) is 0 Å². The SMILES string of the molecule is CNC(=O)Oc1cc(C(C)(C)C)c2nc(/C=C/C#Cc3ccc(N)nc3)sc2c1. The molecule has 0 bridgehead atoms. The Bertz CT molecular complexity index is 1130. The van der Waals surface area contributed by atoms with Crippen molar-refractivity contribution in [1.29, 1.82) is 0 Å². The first-order valence-electron chi connectivity index (χ1n) is 9.00. The summed E-state index contributed by atoms with van der Waals surface area (Å²) in [5.74, 6) is 6.95. The van der Waals surface area contributed by atoms with Crippen LogP contribution in [0.1, 0.15) is 36.9 Å². The largest absolute Gasteiger partial charge is 0.412 e. The number of nitrogens with two attached hydrogens (primary N) is 1. The summed E-state index contributed by atoms with van der Waals surface area (Å²) in [5, 5.41) is 3.29. The summed E-state index contributed by atoms with van der Waals surface area (Å²) in [6.07, 6.45) is 4.76. The number of hydrogen-bond acceptors (Lipinski definition) is 6. The van der Waals surface area contributed by atoms with E-state index < -0.39 is 6.09 Å². The topological polar surface area (TPSA) is 90.1 Å². The highest BCUT2D eigenvalue weighted by Gasteiger charge is 2.21.